The van der Waals surface area contributed by atoms with Crippen LogP contribution in [0.4, 0.5) is 18.9 Å². The maximum absolute atomic E-state index is 13.2. The third kappa shape index (κ3) is 6.95. The van der Waals surface area contributed by atoms with Crippen LogP contribution in [0, 0.1) is 5.92 Å². The second-order valence-electron chi connectivity index (χ2n) is 11.4. The van der Waals surface area contributed by atoms with Crippen LogP contribution in [0.3, 0.4) is 0 Å². The van der Waals surface area contributed by atoms with E-state index in [-0.39, 0.29) is 18.6 Å². The Morgan fingerprint density at radius 3 is 2.58 bits per heavy atom. The van der Waals surface area contributed by atoms with Gasteiger partial charge in [0, 0.05) is 76.4 Å². The van der Waals surface area contributed by atoms with Crippen LogP contribution in [0.5, 0.6) is 0 Å². The molecule has 3 fully saturated rings. The molecule has 1 aromatic heterocycles. The Morgan fingerprint density at radius 2 is 1.85 bits per heavy atom. The van der Waals surface area contributed by atoms with Crippen LogP contribution in [0.1, 0.15) is 43.2 Å². The van der Waals surface area contributed by atoms with Gasteiger partial charge in [0.05, 0.1) is 18.2 Å². The second kappa shape index (κ2) is 12.9. The highest BCUT2D eigenvalue weighted by Crippen LogP contribution is 2.33. The Hall–Kier alpha value is -2.69. The van der Waals surface area contributed by atoms with Crippen molar-refractivity contribution < 1.29 is 23.1 Å². The molecule has 5 rings (SSSR count). The number of aromatic nitrogens is 1. The normalized spacial score (nSPS) is 24.9. The van der Waals surface area contributed by atoms with Crippen LogP contribution in [0.2, 0.25) is 0 Å². The van der Waals surface area contributed by atoms with Crippen molar-refractivity contribution in [3.05, 3.63) is 59.9 Å². The number of likely N-dealkylation sites (tertiary alicyclic amines) is 2. The minimum atomic E-state index is -4.35. The molecular weight excluding hydrogens is 519 g/mol. The lowest BCUT2D eigenvalue weighted by Gasteiger charge is -2.47. The molecule has 3 atom stereocenters. The first-order valence-electron chi connectivity index (χ1n) is 14.5. The van der Waals surface area contributed by atoms with Crippen molar-refractivity contribution in [3.8, 4) is 0 Å². The standard InChI is InChI=1S/C30H40F3N5O2/c31-30(32,33)25-5-1-6-26(18-25)36-14-16-37(17-15-36)28-10-13-35(20-23-4-2-11-34-19-23)21-24(28)8-9-29(40)38-12-3-7-27(38)22-39/h1-2,4-6,11,18-19,24,27-28,39H,3,7-10,12-17,20-22H2/t24-,27-,28+/m0/s1. The van der Waals surface area contributed by atoms with Gasteiger partial charge in [0.15, 0.2) is 0 Å². The van der Waals surface area contributed by atoms with Crippen LogP contribution in [0.25, 0.3) is 0 Å². The molecule has 0 unspecified atom stereocenters. The highest BCUT2D eigenvalue weighted by molar-refractivity contribution is 5.76. The molecule has 10 heteroatoms. The van der Waals surface area contributed by atoms with Crippen LogP contribution < -0.4 is 4.90 Å². The Kier molecular flexibility index (Phi) is 9.27. The number of halogens is 3. The van der Waals surface area contributed by atoms with Crippen LogP contribution in [0.15, 0.2) is 48.8 Å². The number of amides is 1. The fourth-order valence-electron chi connectivity index (χ4n) is 6.75. The van der Waals surface area contributed by atoms with E-state index in [1.54, 1.807) is 12.3 Å². The van der Waals surface area contributed by atoms with Gasteiger partial charge in [-0.25, -0.2) is 0 Å². The number of alkyl halides is 3. The molecule has 218 valence electrons. The summed E-state index contributed by atoms with van der Waals surface area (Å²) in [6.45, 7) is 6.34. The number of hydrogen-bond donors (Lipinski definition) is 1. The summed E-state index contributed by atoms with van der Waals surface area (Å²) in [6.07, 6.45) is 3.39. The third-order valence-electron chi connectivity index (χ3n) is 8.87. The van der Waals surface area contributed by atoms with Gasteiger partial charge in [-0.2, -0.15) is 13.2 Å². The summed E-state index contributed by atoms with van der Waals surface area (Å²) in [6, 6.07) is 9.93. The maximum Gasteiger partial charge on any atom is 0.416 e. The molecule has 1 amide bonds. The molecule has 3 aliphatic heterocycles. The van der Waals surface area contributed by atoms with E-state index in [1.807, 2.05) is 22.1 Å². The number of aliphatic hydroxyl groups excluding tert-OH is 1. The van der Waals surface area contributed by atoms with Gasteiger partial charge in [-0.15, -0.1) is 0 Å². The van der Waals surface area contributed by atoms with Crippen molar-refractivity contribution in [2.45, 2.75) is 56.9 Å². The van der Waals surface area contributed by atoms with Crippen molar-refractivity contribution in [1.29, 1.82) is 0 Å². The number of carbonyl (C=O) groups excluding carboxylic acids is 1. The van der Waals surface area contributed by atoms with Crippen molar-refractivity contribution in [2.75, 3.05) is 57.3 Å². The Morgan fingerprint density at radius 1 is 1.02 bits per heavy atom. The first-order chi connectivity index (χ1) is 19.3. The second-order valence-corrected chi connectivity index (χ2v) is 11.4. The van der Waals surface area contributed by atoms with Crippen molar-refractivity contribution >= 4 is 11.6 Å². The van der Waals surface area contributed by atoms with Gasteiger partial charge in [0.2, 0.25) is 5.91 Å². The Balaban J connectivity index is 1.23. The zero-order chi connectivity index (χ0) is 28.1. The molecule has 1 N–H and O–H groups in total. The van der Waals surface area contributed by atoms with Crippen LogP contribution >= 0.6 is 0 Å². The quantitative estimate of drug-likeness (QED) is 0.530. The first kappa shape index (κ1) is 28.8. The molecule has 4 heterocycles. The molecule has 0 aliphatic carbocycles. The fourth-order valence-corrected chi connectivity index (χ4v) is 6.75. The van der Waals surface area contributed by atoms with Gasteiger partial charge in [-0.05, 0) is 68.0 Å². The van der Waals surface area contributed by atoms with E-state index in [1.165, 1.54) is 17.7 Å². The number of nitrogens with zero attached hydrogens (tertiary/aromatic N) is 5. The highest BCUT2D eigenvalue weighted by atomic mass is 19.4. The van der Waals surface area contributed by atoms with Gasteiger partial charge >= 0.3 is 6.18 Å². The molecule has 2 aromatic rings. The first-order valence-corrected chi connectivity index (χ1v) is 14.5. The van der Waals surface area contributed by atoms with Crippen molar-refractivity contribution in [2.24, 2.45) is 5.92 Å². The van der Waals surface area contributed by atoms with Crippen LogP contribution in [-0.2, 0) is 17.5 Å². The molecular formula is C30H40F3N5O2. The summed E-state index contributed by atoms with van der Waals surface area (Å²) in [5, 5.41) is 9.68. The van der Waals surface area contributed by atoms with Gasteiger partial charge in [-0.1, -0.05) is 12.1 Å². The molecule has 1 aromatic carbocycles. The zero-order valence-electron chi connectivity index (χ0n) is 23.0. The number of piperazine rings is 1. The Labute approximate surface area is 234 Å². The number of rotatable bonds is 8. The summed E-state index contributed by atoms with van der Waals surface area (Å²) in [5.74, 6) is 0.443. The number of aliphatic hydroxyl groups is 1. The smallest absolute Gasteiger partial charge is 0.394 e. The summed E-state index contributed by atoms with van der Waals surface area (Å²) in [5.41, 5.74) is 1.18. The predicted molar refractivity (Wildman–Crippen MR) is 148 cm³/mol. The molecule has 3 aliphatic rings. The molecule has 3 saturated heterocycles. The van der Waals surface area contributed by atoms with Crippen LogP contribution in [-0.4, -0.2) is 95.2 Å². The van der Waals surface area contributed by atoms with E-state index >= 15 is 0 Å². The lowest BCUT2D eigenvalue weighted by Crippen LogP contribution is -2.56. The number of benzene rings is 1. The number of anilines is 1. The van der Waals surface area contributed by atoms with E-state index in [2.05, 4.69) is 20.9 Å². The minimum Gasteiger partial charge on any atom is -0.394 e. The van der Waals surface area contributed by atoms with E-state index in [0.717, 1.165) is 71.0 Å². The van der Waals surface area contributed by atoms with Gasteiger partial charge in [0.25, 0.3) is 0 Å². The number of hydrogen-bond acceptors (Lipinski definition) is 6. The molecule has 0 bridgehead atoms. The summed E-state index contributed by atoms with van der Waals surface area (Å²) < 4.78 is 39.7. The molecule has 0 spiro atoms. The zero-order valence-corrected chi connectivity index (χ0v) is 23.0. The largest absolute Gasteiger partial charge is 0.416 e. The number of pyridine rings is 1. The summed E-state index contributed by atoms with van der Waals surface area (Å²) >= 11 is 0. The molecule has 0 saturated carbocycles. The molecule has 40 heavy (non-hydrogen) atoms. The molecule has 0 radical (unpaired) electrons. The lowest BCUT2D eigenvalue weighted by atomic mass is 9.86. The predicted octanol–water partition coefficient (Wildman–Crippen LogP) is 3.88. The van der Waals surface area contributed by atoms with E-state index < -0.39 is 11.7 Å². The van der Waals surface area contributed by atoms with Gasteiger partial charge in [-0.3, -0.25) is 19.6 Å². The average Bonchev–Trinajstić information content (AvgIpc) is 3.46. The summed E-state index contributed by atoms with van der Waals surface area (Å²) in [4.78, 5) is 26.2. The SMILES string of the molecule is O=C(CC[C@H]1CN(Cc2cccnc2)CC[C@H]1N1CCN(c2cccc(C(F)(F)F)c2)CC1)N1CCC[C@H]1CO. The third-order valence-corrected chi connectivity index (χ3v) is 8.87. The number of carbonyl (C=O) groups is 1. The number of piperidine rings is 1. The van der Waals surface area contributed by atoms with Gasteiger partial charge < -0.3 is 14.9 Å². The molecule has 7 nitrogen and oxygen atoms in total. The van der Waals surface area contributed by atoms with Gasteiger partial charge in [0.1, 0.15) is 0 Å². The Bertz CT molecular complexity index is 1110. The van der Waals surface area contributed by atoms with Crippen molar-refractivity contribution in [1.82, 2.24) is 19.7 Å². The summed E-state index contributed by atoms with van der Waals surface area (Å²) in [7, 11) is 0. The lowest BCUT2D eigenvalue weighted by molar-refractivity contribution is -0.137. The van der Waals surface area contributed by atoms with E-state index in [0.29, 0.717) is 37.2 Å². The van der Waals surface area contributed by atoms with E-state index in [4.69, 9.17) is 0 Å². The highest BCUT2D eigenvalue weighted by Gasteiger charge is 2.37. The van der Waals surface area contributed by atoms with Crippen molar-refractivity contribution in [3.63, 3.8) is 0 Å². The minimum absolute atomic E-state index is 0.0207. The van der Waals surface area contributed by atoms with E-state index in [9.17, 15) is 23.1 Å². The topological polar surface area (TPSA) is 63.2 Å². The maximum atomic E-state index is 13.2. The fraction of sp³-hybridized carbons (Fsp3) is 0.600. The monoisotopic (exact) mass is 559 g/mol. The average molecular weight is 560 g/mol.